The molecule has 0 N–H and O–H groups in total. The van der Waals surface area contributed by atoms with Crippen LogP contribution in [0.2, 0.25) is 0 Å². The van der Waals surface area contributed by atoms with Crippen molar-refractivity contribution in [3.05, 3.63) is 12.4 Å². The molecule has 1 aliphatic rings. The van der Waals surface area contributed by atoms with Crippen LogP contribution in [0.15, 0.2) is 12.4 Å². The van der Waals surface area contributed by atoms with E-state index in [4.69, 9.17) is 0 Å². The fraction of sp³-hybridized carbons (Fsp3) is 0.957. The lowest BCUT2D eigenvalue weighted by molar-refractivity contribution is 0.135. The molecule has 49 heavy (non-hydrogen) atoms. The minimum Gasteiger partial charge on any atom is -0.356 e. The monoisotopic (exact) mass is 687 g/mol. The second-order valence-corrected chi connectivity index (χ2v) is 16.4. The first-order valence-corrected chi connectivity index (χ1v) is 23.5. The number of rotatable bonds is 41. The molecule has 0 aromatic rings. The molecule has 0 aliphatic carbocycles. The van der Waals surface area contributed by atoms with Gasteiger partial charge < -0.3 is 9.80 Å². The zero-order valence-electron chi connectivity index (χ0n) is 34.6. The van der Waals surface area contributed by atoms with Crippen LogP contribution in [0.1, 0.15) is 271 Å². The third-order valence-electron chi connectivity index (χ3n) is 11.6. The van der Waals surface area contributed by atoms with Gasteiger partial charge >= 0.3 is 0 Å². The van der Waals surface area contributed by atoms with Crippen molar-refractivity contribution in [2.45, 2.75) is 277 Å². The van der Waals surface area contributed by atoms with Crippen LogP contribution in [0.25, 0.3) is 0 Å². The first-order valence-electron chi connectivity index (χ1n) is 23.5. The SMILES string of the molecule is CCCCCCCCCCCCCCCCN1C=CN(CCCCCCCCCCCCCCCC)C1CCCCCCCCCCCC. The van der Waals surface area contributed by atoms with Gasteiger partial charge in [0, 0.05) is 25.5 Å². The summed E-state index contributed by atoms with van der Waals surface area (Å²) in [6.45, 7) is 9.49. The largest absolute Gasteiger partial charge is 0.356 e. The van der Waals surface area contributed by atoms with Crippen molar-refractivity contribution in [2.24, 2.45) is 0 Å². The molecule has 1 rings (SSSR count). The van der Waals surface area contributed by atoms with Crippen LogP contribution in [0.5, 0.6) is 0 Å². The average molecular weight is 687 g/mol. The van der Waals surface area contributed by atoms with Gasteiger partial charge in [0.25, 0.3) is 0 Å². The van der Waals surface area contributed by atoms with E-state index in [1.807, 2.05) is 0 Å². The molecule has 0 spiro atoms. The number of unbranched alkanes of at least 4 members (excludes halogenated alkanes) is 35. The minimum absolute atomic E-state index is 0.637. The Balaban J connectivity index is 2.19. The summed E-state index contributed by atoms with van der Waals surface area (Å²) in [6.07, 6.45) is 61.9. The first-order chi connectivity index (χ1) is 24.3. The van der Waals surface area contributed by atoms with E-state index >= 15 is 0 Å². The lowest BCUT2D eigenvalue weighted by Gasteiger charge is -2.33. The minimum atomic E-state index is 0.637. The molecule has 0 radical (unpaired) electrons. The molecule has 292 valence electrons. The van der Waals surface area contributed by atoms with Gasteiger partial charge in [0.15, 0.2) is 0 Å². The zero-order chi connectivity index (χ0) is 35.1. The summed E-state index contributed by atoms with van der Waals surface area (Å²) >= 11 is 0. The van der Waals surface area contributed by atoms with Gasteiger partial charge in [-0.2, -0.15) is 0 Å². The van der Waals surface area contributed by atoms with Gasteiger partial charge in [-0.3, -0.25) is 0 Å². The normalized spacial score (nSPS) is 13.4. The molecule has 0 unspecified atom stereocenters. The Morgan fingerprint density at radius 2 is 0.469 bits per heavy atom. The van der Waals surface area contributed by atoms with Gasteiger partial charge in [-0.25, -0.2) is 0 Å². The number of hydrogen-bond donors (Lipinski definition) is 0. The van der Waals surface area contributed by atoms with Gasteiger partial charge in [0.2, 0.25) is 0 Å². The third kappa shape index (κ3) is 30.7. The molecule has 2 nitrogen and oxygen atoms in total. The highest BCUT2D eigenvalue weighted by atomic mass is 15.4. The predicted molar refractivity (Wildman–Crippen MR) is 223 cm³/mol. The lowest BCUT2D eigenvalue weighted by atomic mass is 10.0. The van der Waals surface area contributed by atoms with Gasteiger partial charge in [-0.05, 0) is 25.7 Å². The van der Waals surface area contributed by atoms with E-state index < -0.39 is 0 Å². The fourth-order valence-corrected chi connectivity index (χ4v) is 8.13. The molecule has 0 amide bonds. The van der Waals surface area contributed by atoms with Crippen LogP contribution in [0.3, 0.4) is 0 Å². The van der Waals surface area contributed by atoms with Crippen molar-refractivity contribution in [2.75, 3.05) is 13.1 Å². The molecular formula is C47H94N2. The molecule has 0 saturated carbocycles. The summed E-state index contributed by atoms with van der Waals surface area (Å²) in [5.41, 5.74) is 0. The van der Waals surface area contributed by atoms with Crippen LogP contribution >= 0.6 is 0 Å². The Morgan fingerprint density at radius 3 is 0.714 bits per heavy atom. The Morgan fingerprint density at radius 1 is 0.265 bits per heavy atom. The average Bonchev–Trinajstić information content (AvgIpc) is 3.50. The van der Waals surface area contributed by atoms with Crippen molar-refractivity contribution < 1.29 is 0 Å². The van der Waals surface area contributed by atoms with E-state index in [9.17, 15) is 0 Å². The van der Waals surface area contributed by atoms with Gasteiger partial charge in [-0.15, -0.1) is 0 Å². The van der Waals surface area contributed by atoms with Crippen LogP contribution in [0.4, 0.5) is 0 Å². The van der Waals surface area contributed by atoms with Gasteiger partial charge in [0.05, 0.1) is 0 Å². The van der Waals surface area contributed by atoms with Crippen molar-refractivity contribution in [1.82, 2.24) is 9.80 Å². The number of hydrogen-bond acceptors (Lipinski definition) is 2. The maximum atomic E-state index is 2.73. The standard InChI is InChI=1S/C47H94N2/c1-4-7-10-13-16-19-22-24-26-28-31-34-37-40-43-48-45-46-49(47(48)42-39-36-33-30-21-18-15-12-9-6-3)44-41-38-35-32-29-27-25-23-20-17-14-11-8-5-2/h45-47H,4-44H2,1-3H3. The second kappa shape index (κ2) is 38.6. The van der Waals surface area contributed by atoms with Gasteiger partial charge in [-0.1, -0.05) is 245 Å². The molecule has 0 bridgehead atoms. The van der Waals surface area contributed by atoms with Crippen molar-refractivity contribution in [3.63, 3.8) is 0 Å². The third-order valence-corrected chi connectivity index (χ3v) is 11.6. The smallest absolute Gasteiger partial charge is 0.101 e. The summed E-state index contributed by atoms with van der Waals surface area (Å²) in [6, 6.07) is 0. The molecule has 0 aromatic carbocycles. The molecule has 0 saturated heterocycles. The fourth-order valence-electron chi connectivity index (χ4n) is 8.13. The lowest BCUT2D eigenvalue weighted by Crippen LogP contribution is -2.39. The molecule has 0 atom stereocenters. The molecule has 0 aromatic heterocycles. The second-order valence-electron chi connectivity index (χ2n) is 16.4. The highest BCUT2D eigenvalue weighted by Gasteiger charge is 2.24. The first kappa shape index (κ1) is 46.4. The summed E-state index contributed by atoms with van der Waals surface area (Å²) in [7, 11) is 0. The van der Waals surface area contributed by atoms with E-state index in [0.29, 0.717) is 6.17 Å². The summed E-state index contributed by atoms with van der Waals surface area (Å²) in [5.74, 6) is 0. The summed E-state index contributed by atoms with van der Waals surface area (Å²) < 4.78 is 0. The van der Waals surface area contributed by atoms with E-state index in [0.717, 1.165) is 0 Å². The van der Waals surface area contributed by atoms with Crippen molar-refractivity contribution >= 4 is 0 Å². The maximum absolute atomic E-state index is 2.73. The molecule has 1 heterocycles. The topological polar surface area (TPSA) is 6.48 Å². The zero-order valence-corrected chi connectivity index (χ0v) is 34.6. The highest BCUT2D eigenvalue weighted by molar-refractivity contribution is 4.97. The molecule has 1 aliphatic heterocycles. The van der Waals surface area contributed by atoms with Crippen LogP contribution < -0.4 is 0 Å². The molecular weight excluding hydrogens is 593 g/mol. The van der Waals surface area contributed by atoms with Crippen LogP contribution in [-0.2, 0) is 0 Å². The van der Waals surface area contributed by atoms with Crippen molar-refractivity contribution in [1.29, 1.82) is 0 Å². The predicted octanol–water partition coefficient (Wildman–Crippen LogP) is 16.7. The highest BCUT2D eigenvalue weighted by Crippen LogP contribution is 2.24. The molecule has 2 heteroatoms. The summed E-state index contributed by atoms with van der Waals surface area (Å²) in [4.78, 5) is 5.47. The quantitative estimate of drug-likeness (QED) is 0.0591. The van der Waals surface area contributed by atoms with E-state index in [-0.39, 0.29) is 0 Å². The Hall–Kier alpha value is -0.660. The Bertz CT molecular complexity index is 602. The van der Waals surface area contributed by atoms with E-state index in [1.54, 1.807) is 0 Å². The van der Waals surface area contributed by atoms with E-state index in [2.05, 4.69) is 43.0 Å². The van der Waals surface area contributed by atoms with E-state index in [1.165, 1.54) is 264 Å². The van der Waals surface area contributed by atoms with Crippen molar-refractivity contribution in [3.8, 4) is 0 Å². The Labute approximate surface area is 311 Å². The summed E-state index contributed by atoms with van der Waals surface area (Å²) in [5, 5.41) is 0. The van der Waals surface area contributed by atoms with Crippen LogP contribution in [0, 0.1) is 0 Å². The maximum Gasteiger partial charge on any atom is 0.101 e. The number of nitrogens with zero attached hydrogens (tertiary/aromatic N) is 2. The van der Waals surface area contributed by atoms with Gasteiger partial charge in [0.1, 0.15) is 6.17 Å². The molecule has 0 fully saturated rings. The Kier molecular flexibility index (Phi) is 36.5. The van der Waals surface area contributed by atoms with Crippen LogP contribution in [-0.4, -0.2) is 29.1 Å².